The van der Waals surface area contributed by atoms with E-state index < -0.39 is 0 Å². The van der Waals surface area contributed by atoms with Crippen molar-refractivity contribution in [2.75, 3.05) is 69.9 Å². The third kappa shape index (κ3) is 16.6. The molecule has 0 saturated carbocycles. The van der Waals surface area contributed by atoms with Crippen molar-refractivity contribution in [2.45, 2.75) is 51.7 Å². The molecule has 0 bridgehead atoms. The predicted molar refractivity (Wildman–Crippen MR) is 396 cm³/mol. The summed E-state index contributed by atoms with van der Waals surface area (Å²) in [5, 5.41) is 13.2. The minimum atomic E-state index is -0.368. The second-order valence-corrected chi connectivity index (χ2v) is 24.9. The summed E-state index contributed by atoms with van der Waals surface area (Å²) in [6.45, 7) is 11.5. The lowest BCUT2D eigenvalue weighted by atomic mass is 10.1. The lowest BCUT2D eigenvalue weighted by Crippen LogP contribution is -2.35. The molecule has 0 radical (unpaired) electrons. The minimum absolute atomic E-state index is 0.368. The van der Waals surface area contributed by atoms with Crippen molar-refractivity contribution in [3.05, 3.63) is 212 Å². The summed E-state index contributed by atoms with van der Waals surface area (Å²) < 4.78 is 46.7. The zero-order valence-corrected chi connectivity index (χ0v) is 58.9. The van der Waals surface area contributed by atoms with Crippen LogP contribution in [0.5, 0.6) is 28.7 Å². The summed E-state index contributed by atoms with van der Waals surface area (Å²) in [5.74, 6) is 3.00. The first-order valence-electron chi connectivity index (χ1n) is 32.9. The maximum absolute atomic E-state index is 14.1. The number of ether oxygens (including phenoxy) is 5. The molecule has 24 heteroatoms. The first kappa shape index (κ1) is 69.3. The summed E-state index contributed by atoms with van der Waals surface area (Å²) in [7, 11) is 13.8. The summed E-state index contributed by atoms with van der Waals surface area (Å²) in [5.41, 5.74) is 16.3. The van der Waals surface area contributed by atoms with Gasteiger partial charge in [0.1, 0.15) is 39.7 Å². The van der Waals surface area contributed by atoms with Crippen LogP contribution in [0.2, 0.25) is 5.15 Å². The molecule has 0 amide bonds. The molecule has 14 rings (SSSR count). The van der Waals surface area contributed by atoms with E-state index in [0.717, 1.165) is 132 Å². The minimum Gasteiger partial charge on any atom is -0.497 e. The van der Waals surface area contributed by atoms with E-state index in [1.54, 1.807) is 91.7 Å². The van der Waals surface area contributed by atoms with Crippen LogP contribution in [0.1, 0.15) is 38.7 Å². The number of methoxy groups -OCH3 is 5. The monoisotopic (exact) mass is 1380 g/mol. The van der Waals surface area contributed by atoms with E-state index in [-0.39, 0.29) is 5.82 Å². The van der Waals surface area contributed by atoms with Crippen LogP contribution in [0.15, 0.2) is 196 Å². The van der Waals surface area contributed by atoms with Gasteiger partial charge in [0.05, 0.1) is 123 Å². The topological polar surface area (TPSA) is 203 Å². The van der Waals surface area contributed by atoms with Crippen LogP contribution in [0.3, 0.4) is 0 Å². The standard InChI is InChI=1S/C29H36N6O2.C26H23ClN6O2.C22H20FN5O/c1-20-7-8-21(2)34(20)11-6-12-35(24-13-25(36-4)16-26(14-24)37-5)23-9-10-27-28(15-23)32-29(18-30-27)22-17-31-33(3)19-22;1-32-16-18(13-30-32)25-14-28-23-6-5-19(10-24(23)31-25)33(15-17-4-7-26(27)29-12-17)20-8-21(34-2)11-22(9-20)35-3;1-4-7-28(18-8-16(23)9-19(10-18)29-3)17-5-6-20-21(11-17)26-22(13-24-20)15-12-25-27(2)14-15/h9-10,13-21H,6-8,11-12H2,1-5H3;4-14,16H,15H2,1-3H3;4-6,8-14H,1,7H2,2-3H3/t20-,21+;;. The first-order chi connectivity index (χ1) is 49.0. The van der Waals surface area contributed by atoms with Gasteiger partial charge in [-0.3, -0.25) is 33.9 Å². The number of likely N-dealkylation sites (tertiary alicyclic amines) is 1. The Morgan fingerprint density at radius 1 is 0.465 bits per heavy atom. The molecule has 1 fully saturated rings. The summed E-state index contributed by atoms with van der Waals surface area (Å²) in [6.07, 6.45) is 23.5. The Kier molecular flexibility index (Phi) is 21.6. The van der Waals surface area contributed by atoms with Crippen LogP contribution in [0, 0.1) is 5.82 Å². The fourth-order valence-electron chi connectivity index (χ4n) is 12.3. The maximum Gasteiger partial charge on any atom is 0.129 e. The number of rotatable bonds is 22. The van der Waals surface area contributed by atoms with E-state index in [9.17, 15) is 4.39 Å². The van der Waals surface area contributed by atoms with Gasteiger partial charge in [-0.25, -0.2) is 24.3 Å². The fourth-order valence-corrected chi connectivity index (χ4v) is 12.4. The van der Waals surface area contributed by atoms with Crippen molar-refractivity contribution >= 4 is 78.8 Å². The van der Waals surface area contributed by atoms with Crippen LogP contribution < -0.4 is 38.4 Å². The van der Waals surface area contributed by atoms with E-state index in [4.69, 9.17) is 50.2 Å². The molecule has 2 atom stereocenters. The number of benzene rings is 6. The number of pyridine rings is 1. The lowest BCUT2D eigenvalue weighted by Gasteiger charge is -2.30. The van der Waals surface area contributed by atoms with E-state index >= 15 is 0 Å². The van der Waals surface area contributed by atoms with Crippen molar-refractivity contribution in [1.29, 1.82) is 0 Å². The molecule has 7 aromatic heterocycles. The van der Waals surface area contributed by atoms with Gasteiger partial charge in [-0.15, -0.1) is 6.58 Å². The average molecular weight is 1380 g/mol. The maximum atomic E-state index is 14.1. The number of hydrogen-bond donors (Lipinski definition) is 0. The van der Waals surface area contributed by atoms with Gasteiger partial charge in [0.2, 0.25) is 0 Å². The van der Waals surface area contributed by atoms with Gasteiger partial charge in [-0.05, 0) is 105 Å². The molecule has 1 aliphatic rings. The number of aryl methyl sites for hydroxylation is 3. The molecule has 8 heterocycles. The molecule has 1 saturated heterocycles. The highest BCUT2D eigenvalue weighted by atomic mass is 35.5. The number of halogens is 2. The number of fused-ring (bicyclic) bond motifs is 3. The molecule has 516 valence electrons. The summed E-state index contributed by atoms with van der Waals surface area (Å²) in [4.78, 5) is 41.6. The SMILES string of the molecule is C=CCN(c1cc(F)cc(OC)c1)c1ccc2ncc(-c3cnn(C)c3)nc2c1.COc1cc(OC)cc(N(CCCN2[C@H](C)CC[C@@H]2C)c2ccc3ncc(-c4cnn(C)c4)nc3c2)c1.COc1cc(OC)cc(N(Cc2ccc(Cl)nc2)c2ccc3ncc(-c4cnn(C)c4)nc3c2)c1. The van der Waals surface area contributed by atoms with Crippen LogP contribution in [-0.4, -0.2) is 136 Å². The van der Waals surface area contributed by atoms with Crippen molar-refractivity contribution in [2.24, 2.45) is 21.1 Å². The fraction of sp³-hybridized carbons (Fsp3) is 0.247. The van der Waals surface area contributed by atoms with Gasteiger partial charge in [0, 0.05) is 184 Å². The Morgan fingerprint density at radius 2 is 0.871 bits per heavy atom. The Balaban J connectivity index is 0.000000144. The van der Waals surface area contributed by atoms with Gasteiger partial charge < -0.3 is 38.4 Å². The van der Waals surface area contributed by atoms with Crippen molar-refractivity contribution in [3.63, 3.8) is 0 Å². The number of anilines is 6. The third-order valence-corrected chi connectivity index (χ3v) is 17.8. The predicted octanol–water partition coefficient (Wildman–Crippen LogP) is 15.4. The quantitative estimate of drug-likeness (QED) is 0.0457. The molecule has 22 nitrogen and oxygen atoms in total. The Bertz CT molecular complexity index is 4980. The highest BCUT2D eigenvalue weighted by Crippen LogP contribution is 2.39. The number of hydrogen-bond acceptors (Lipinski definition) is 19. The van der Waals surface area contributed by atoms with E-state index in [1.807, 2.05) is 130 Å². The van der Waals surface area contributed by atoms with Gasteiger partial charge in [-0.1, -0.05) is 23.7 Å². The normalized spacial score (nSPS) is 13.5. The van der Waals surface area contributed by atoms with Crippen LogP contribution in [-0.2, 0) is 27.7 Å². The van der Waals surface area contributed by atoms with Crippen LogP contribution in [0.25, 0.3) is 66.9 Å². The van der Waals surface area contributed by atoms with Gasteiger partial charge in [-0.2, -0.15) is 15.3 Å². The summed E-state index contributed by atoms with van der Waals surface area (Å²) in [6, 6.07) is 39.5. The number of nitrogens with zero attached hydrogens (tertiary/aromatic N) is 17. The smallest absolute Gasteiger partial charge is 0.129 e. The van der Waals surface area contributed by atoms with E-state index in [2.05, 4.69) is 94.6 Å². The van der Waals surface area contributed by atoms with Crippen molar-refractivity contribution in [3.8, 4) is 62.5 Å². The molecule has 0 aliphatic carbocycles. The Morgan fingerprint density at radius 3 is 1.27 bits per heavy atom. The molecule has 0 spiro atoms. The Hall–Kier alpha value is -11.6. The molecule has 101 heavy (non-hydrogen) atoms. The molecular weight excluding hydrogens is 1300 g/mol. The zero-order valence-electron chi connectivity index (χ0n) is 58.1. The second-order valence-electron chi connectivity index (χ2n) is 24.5. The van der Waals surface area contributed by atoms with Crippen LogP contribution >= 0.6 is 11.6 Å². The largest absolute Gasteiger partial charge is 0.497 e. The average Bonchev–Trinajstić information content (AvgIpc) is 1.69. The van der Waals surface area contributed by atoms with Gasteiger partial charge in [0.25, 0.3) is 0 Å². The van der Waals surface area contributed by atoms with Crippen LogP contribution in [0.4, 0.5) is 38.5 Å². The van der Waals surface area contributed by atoms with E-state index in [1.165, 1.54) is 32.1 Å². The molecule has 6 aromatic carbocycles. The molecule has 0 N–H and O–H groups in total. The van der Waals surface area contributed by atoms with Gasteiger partial charge >= 0.3 is 0 Å². The summed E-state index contributed by atoms with van der Waals surface area (Å²) >= 11 is 6.01. The Labute approximate surface area is 590 Å². The molecule has 1 aliphatic heterocycles. The van der Waals surface area contributed by atoms with E-state index in [0.29, 0.717) is 53.3 Å². The molecular formula is C77H79ClFN17O5. The highest BCUT2D eigenvalue weighted by molar-refractivity contribution is 6.29. The molecule has 0 unspecified atom stereocenters. The third-order valence-electron chi connectivity index (χ3n) is 17.6. The molecule has 13 aromatic rings. The van der Waals surface area contributed by atoms with Gasteiger partial charge in [0.15, 0.2) is 0 Å². The first-order valence-corrected chi connectivity index (χ1v) is 33.3. The highest BCUT2D eigenvalue weighted by Gasteiger charge is 2.27. The lowest BCUT2D eigenvalue weighted by molar-refractivity contribution is 0.213. The second kappa shape index (κ2) is 31.5. The zero-order chi connectivity index (χ0) is 70.7. The van der Waals surface area contributed by atoms with Crippen molar-refractivity contribution in [1.82, 2.24) is 69.1 Å². The van der Waals surface area contributed by atoms with Crippen molar-refractivity contribution < 1.29 is 28.1 Å². The number of aromatic nitrogens is 13.